The third-order valence-corrected chi connectivity index (χ3v) is 6.66. The molecule has 1 aliphatic carbocycles. The molecule has 0 unspecified atom stereocenters. The zero-order valence-corrected chi connectivity index (χ0v) is 19.3. The van der Waals surface area contributed by atoms with Crippen molar-refractivity contribution < 1.29 is 31.2 Å². The third kappa shape index (κ3) is 3.73. The minimum atomic E-state index is -4.74. The maximum absolute atomic E-state index is 15.7. The first-order valence-corrected chi connectivity index (χ1v) is 11.5. The summed E-state index contributed by atoms with van der Waals surface area (Å²) < 4.78 is 76.0. The van der Waals surface area contributed by atoms with E-state index >= 15 is 4.39 Å². The smallest absolute Gasteiger partial charge is 0.416 e. The van der Waals surface area contributed by atoms with Gasteiger partial charge in [0, 0.05) is 10.9 Å². The Hall–Kier alpha value is -4.55. The average molecular weight is 528 g/mol. The van der Waals surface area contributed by atoms with Crippen LogP contribution in [0.2, 0.25) is 0 Å². The van der Waals surface area contributed by atoms with E-state index in [0.29, 0.717) is 29.2 Å². The van der Waals surface area contributed by atoms with Crippen LogP contribution in [0.3, 0.4) is 0 Å². The maximum atomic E-state index is 15.7. The third-order valence-electron chi connectivity index (χ3n) is 6.66. The molecule has 1 amide bonds. The van der Waals surface area contributed by atoms with Crippen molar-refractivity contribution in [2.75, 3.05) is 11.1 Å². The van der Waals surface area contributed by atoms with Gasteiger partial charge in [-0.2, -0.15) is 18.3 Å². The SMILES string of the molecule is Nc1ncnc2c1c(-c1ccc3c(C(=O)Nc4cc(C(F)(F)F)ccc4F)coc3c1F)nn2C1CCC1. The summed E-state index contributed by atoms with van der Waals surface area (Å²) in [6.45, 7) is 0. The van der Waals surface area contributed by atoms with E-state index in [9.17, 15) is 22.4 Å². The number of nitrogens with zero attached hydrogens (tertiary/aromatic N) is 4. The molecule has 38 heavy (non-hydrogen) atoms. The van der Waals surface area contributed by atoms with Crippen molar-refractivity contribution in [2.24, 2.45) is 0 Å². The molecule has 3 N–H and O–H groups in total. The highest BCUT2D eigenvalue weighted by Gasteiger charge is 2.32. The van der Waals surface area contributed by atoms with Crippen molar-refractivity contribution in [3.8, 4) is 11.3 Å². The normalized spacial score (nSPS) is 14.2. The van der Waals surface area contributed by atoms with Gasteiger partial charge < -0.3 is 15.5 Å². The molecule has 0 radical (unpaired) electrons. The van der Waals surface area contributed by atoms with Crippen LogP contribution in [-0.2, 0) is 6.18 Å². The fourth-order valence-corrected chi connectivity index (χ4v) is 4.48. The van der Waals surface area contributed by atoms with Crippen LogP contribution >= 0.6 is 0 Å². The Morgan fingerprint density at radius 2 is 1.92 bits per heavy atom. The molecule has 0 spiro atoms. The number of nitrogens with two attached hydrogens (primary N) is 1. The van der Waals surface area contributed by atoms with E-state index in [1.165, 1.54) is 18.5 Å². The number of amides is 1. The molecule has 6 rings (SSSR count). The largest absolute Gasteiger partial charge is 0.460 e. The van der Waals surface area contributed by atoms with Crippen LogP contribution < -0.4 is 11.1 Å². The highest BCUT2D eigenvalue weighted by molar-refractivity contribution is 6.13. The van der Waals surface area contributed by atoms with Crippen LogP contribution in [0.4, 0.5) is 33.5 Å². The van der Waals surface area contributed by atoms with Gasteiger partial charge in [-0.25, -0.2) is 23.4 Å². The van der Waals surface area contributed by atoms with Gasteiger partial charge in [0.05, 0.1) is 28.2 Å². The van der Waals surface area contributed by atoms with E-state index in [1.807, 2.05) is 0 Å². The lowest BCUT2D eigenvalue weighted by Gasteiger charge is -2.25. The van der Waals surface area contributed by atoms with E-state index in [2.05, 4.69) is 20.4 Å². The zero-order valence-electron chi connectivity index (χ0n) is 19.3. The van der Waals surface area contributed by atoms with Crippen LogP contribution in [0.15, 0.2) is 47.3 Å². The van der Waals surface area contributed by atoms with Crippen molar-refractivity contribution in [2.45, 2.75) is 31.5 Å². The summed E-state index contributed by atoms with van der Waals surface area (Å²) in [7, 11) is 0. The molecule has 0 atom stereocenters. The topological polar surface area (TPSA) is 112 Å². The molecule has 3 heterocycles. The molecule has 2 aromatic carbocycles. The standard InChI is InChI=1S/C25H17F5N6O2/c26-16-7-4-11(25(28,29)30)8-17(16)34-24(37)15-9-38-21-13(15)5-6-14(19(21)27)20-18-22(31)32-10-33-23(18)36(35-20)12-2-1-3-12/h4-10,12H,1-3H2,(H,34,37)(H2,31,32,33). The van der Waals surface area contributed by atoms with E-state index < -0.39 is 35.0 Å². The van der Waals surface area contributed by atoms with Crippen molar-refractivity contribution in [3.63, 3.8) is 0 Å². The number of nitrogen functional groups attached to an aromatic ring is 1. The second-order valence-corrected chi connectivity index (χ2v) is 8.94. The summed E-state index contributed by atoms with van der Waals surface area (Å²) in [5.41, 5.74) is 4.49. The molecule has 1 aliphatic rings. The van der Waals surface area contributed by atoms with Gasteiger partial charge in [-0.05, 0) is 49.6 Å². The van der Waals surface area contributed by atoms with Crippen molar-refractivity contribution >= 4 is 39.4 Å². The van der Waals surface area contributed by atoms with Crippen molar-refractivity contribution in [3.05, 3.63) is 65.7 Å². The number of furan rings is 1. The minimum Gasteiger partial charge on any atom is -0.460 e. The second-order valence-electron chi connectivity index (χ2n) is 8.94. The number of hydrogen-bond acceptors (Lipinski definition) is 6. The Morgan fingerprint density at radius 1 is 1.13 bits per heavy atom. The number of aromatic nitrogens is 4. The van der Waals surface area contributed by atoms with Gasteiger partial charge >= 0.3 is 6.18 Å². The summed E-state index contributed by atoms with van der Waals surface area (Å²) in [6, 6.07) is 4.52. The summed E-state index contributed by atoms with van der Waals surface area (Å²) in [5.74, 6) is -2.76. The molecule has 0 aliphatic heterocycles. The Morgan fingerprint density at radius 3 is 2.63 bits per heavy atom. The molecule has 194 valence electrons. The first-order chi connectivity index (χ1) is 18.1. The minimum absolute atomic E-state index is 0.0306. The predicted octanol–water partition coefficient (Wildman–Crippen LogP) is 6.10. The molecule has 1 saturated carbocycles. The molecule has 0 saturated heterocycles. The monoisotopic (exact) mass is 528 g/mol. The van der Waals surface area contributed by atoms with Gasteiger partial charge in [-0.1, -0.05) is 0 Å². The van der Waals surface area contributed by atoms with Crippen molar-refractivity contribution in [1.82, 2.24) is 19.7 Å². The van der Waals surface area contributed by atoms with Crippen LogP contribution in [0.5, 0.6) is 0 Å². The summed E-state index contributed by atoms with van der Waals surface area (Å²) in [6.07, 6.45) is 0.335. The molecule has 13 heteroatoms. The van der Waals surface area contributed by atoms with Crippen LogP contribution in [0.25, 0.3) is 33.3 Å². The molecule has 3 aromatic heterocycles. The number of alkyl halides is 3. The number of carbonyl (C=O) groups is 1. The lowest BCUT2D eigenvalue weighted by molar-refractivity contribution is -0.137. The second kappa shape index (κ2) is 8.50. The van der Waals surface area contributed by atoms with Gasteiger partial charge in [-0.3, -0.25) is 4.79 Å². The highest BCUT2D eigenvalue weighted by atomic mass is 19.4. The number of benzene rings is 2. The summed E-state index contributed by atoms with van der Waals surface area (Å²) in [4.78, 5) is 21.1. The van der Waals surface area contributed by atoms with Gasteiger partial charge in [0.25, 0.3) is 5.91 Å². The number of halogens is 5. The Labute approximate surface area is 210 Å². The molecule has 5 aromatic rings. The van der Waals surface area contributed by atoms with Crippen molar-refractivity contribution in [1.29, 1.82) is 0 Å². The molecular weight excluding hydrogens is 511 g/mol. The maximum Gasteiger partial charge on any atom is 0.416 e. The lowest BCUT2D eigenvalue weighted by atomic mass is 9.93. The number of rotatable bonds is 4. The predicted molar refractivity (Wildman–Crippen MR) is 127 cm³/mol. The van der Waals surface area contributed by atoms with Crippen LogP contribution in [0, 0.1) is 11.6 Å². The lowest BCUT2D eigenvalue weighted by Crippen LogP contribution is -2.18. The van der Waals surface area contributed by atoms with E-state index in [1.54, 1.807) is 4.68 Å². The van der Waals surface area contributed by atoms with E-state index in [-0.39, 0.29) is 39.6 Å². The number of hydrogen-bond donors (Lipinski definition) is 2. The van der Waals surface area contributed by atoms with E-state index in [4.69, 9.17) is 10.2 Å². The molecule has 0 bridgehead atoms. The first kappa shape index (κ1) is 23.8. The highest BCUT2D eigenvalue weighted by Crippen LogP contribution is 2.40. The first-order valence-electron chi connectivity index (χ1n) is 11.5. The fourth-order valence-electron chi connectivity index (χ4n) is 4.48. The molecule has 8 nitrogen and oxygen atoms in total. The van der Waals surface area contributed by atoms with Gasteiger partial charge in [-0.15, -0.1) is 0 Å². The number of fused-ring (bicyclic) bond motifs is 2. The van der Waals surface area contributed by atoms with Crippen LogP contribution in [-0.4, -0.2) is 25.7 Å². The summed E-state index contributed by atoms with van der Waals surface area (Å²) >= 11 is 0. The quantitative estimate of drug-likeness (QED) is 0.273. The Bertz CT molecular complexity index is 1740. The average Bonchev–Trinajstić information content (AvgIpc) is 3.43. The van der Waals surface area contributed by atoms with Gasteiger partial charge in [0.2, 0.25) is 0 Å². The zero-order chi connectivity index (χ0) is 26.8. The number of nitrogens with one attached hydrogen (secondary N) is 1. The molecular formula is C25H17F5N6O2. The van der Waals surface area contributed by atoms with Crippen LogP contribution in [0.1, 0.15) is 41.2 Å². The van der Waals surface area contributed by atoms with Gasteiger partial charge in [0.1, 0.15) is 29.9 Å². The molecule has 1 fully saturated rings. The fraction of sp³-hybridized carbons (Fsp3) is 0.200. The van der Waals surface area contributed by atoms with Gasteiger partial charge in [0.15, 0.2) is 17.0 Å². The number of carbonyl (C=O) groups excluding carboxylic acids is 1. The summed E-state index contributed by atoms with van der Waals surface area (Å²) in [5, 5.41) is 7.09. The van der Waals surface area contributed by atoms with E-state index in [0.717, 1.165) is 25.5 Å². The number of anilines is 2. The Balaban J connectivity index is 1.40. The Kier molecular flexibility index (Phi) is 5.33.